The summed E-state index contributed by atoms with van der Waals surface area (Å²) < 4.78 is 0. The van der Waals surface area contributed by atoms with Crippen LogP contribution in [0, 0.1) is 22.7 Å². The number of nitrogens with one attached hydrogen (secondary N) is 1. The maximum Gasteiger partial charge on any atom is 0.0746 e. The van der Waals surface area contributed by atoms with Crippen LogP contribution in [-0.4, -0.2) is 23.3 Å². The zero-order valence-electron chi connectivity index (χ0n) is 13.7. The van der Waals surface area contributed by atoms with Crippen molar-refractivity contribution in [1.82, 2.24) is 5.32 Å². The Balaban J connectivity index is 1.95. The molecule has 2 heteroatoms. The highest BCUT2D eigenvalue weighted by molar-refractivity contribution is 5.13. The Labute approximate surface area is 119 Å². The van der Waals surface area contributed by atoms with Crippen molar-refractivity contribution in [2.24, 2.45) is 22.7 Å². The molecule has 4 atom stereocenters. The predicted molar refractivity (Wildman–Crippen MR) is 81.1 cm³/mol. The first-order valence-electron chi connectivity index (χ1n) is 8.04. The predicted octanol–water partition coefficient (Wildman–Crippen LogP) is 3.59. The summed E-state index contributed by atoms with van der Waals surface area (Å²) in [7, 11) is 0. The molecule has 2 nitrogen and oxygen atoms in total. The Bertz CT molecular complexity index is 334. The van der Waals surface area contributed by atoms with Crippen molar-refractivity contribution in [2.75, 3.05) is 6.54 Å². The molecular weight excluding hydrogens is 234 g/mol. The lowest BCUT2D eigenvalue weighted by Crippen LogP contribution is -2.49. The molecule has 0 aliphatic heterocycles. The van der Waals surface area contributed by atoms with Crippen molar-refractivity contribution < 1.29 is 5.11 Å². The molecule has 2 rings (SSSR count). The third kappa shape index (κ3) is 2.58. The molecule has 0 aromatic heterocycles. The van der Waals surface area contributed by atoms with Gasteiger partial charge in [-0.2, -0.15) is 0 Å². The SMILES string of the molecule is CC(C)CC(C)(O)CNC1CC2CCC1(C)C2(C)C. The fraction of sp³-hybridized carbons (Fsp3) is 1.00. The molecule has 2 aliphatic carbocycles. The Hall–Kier alpha value is -0.0800. The van der Waals surface area contributed by atoms with E-state index >= 15 is 0 Å². The zero-order chi connectivity index (χ0) is 14.5. The van der Waals surface area contributed by atoms with Crippen molar-refractivity contribution in [1.29, 1.82) is 0 Å². The van der Waals surface area contributed by atoms with Crippen molar-refractivity contribution in [3.8, 4) is 0 Å². The minimum absolute atomic E-state index is 0.408. The highest BCUT2D eigenvalue weighted by Gasteiger charge is 2.61. The summed E-state index contributed by atoms with van der Waals surface area (Å²) in [5.41, 5.74) is 0.288. The minimum Gasteiger partial charge on any atom is -0.389 e. The van der Waals surface area contributed by atoms with Gasteiger partial charge in [-0.15, -0.1) is 0 Å². The first-order chi connectivity index (χ1) is 8.58. The van der Waals surface area contributed by atoms with Gasteiger partial charge in [-0.1, -0.05) is 34.6 Å². The molecule has 2 bridgehead atoms. The smallest absolute Gasteiger partial charge is 0.0746 e. The molecule has 0 saturated heterocycles. The second-order valence-corrected chi connectivity index (χ2v) is 8.64. The van der Waals surface area contributed by atoms with Crippen LogP contribution in [0.3, 0.4) is 0 Å². The van der Waals surface area contributed by atoms with E-state index in [-0.39, 0.29) is 0 Å². The lowest BCUT2D eigenvalue weighted by atomic mass is 9.69. The largest absolute Gasteiger partial charge is 0.389 e. The quantitative estimate of drug-likeness (QED) is 0.798. The van der Waals surface area contributed by atoms with Crippen molar-refractivity contribution in [3.63, 3.8) is 0 Å². The van der Waals surface area contributed by atoms with Gasteiger partial charge in [-0.05, 0) is 55.3 Å². The fourth-order valence-corrected chi connectivity index (χ4v) is 4.81. The van der Waals surface area contributed by atoms with Crippen LogP contribution >= 0.6 is 0 Å². The van der Waals surface area contributed by atoms with Crippen LogP contribution in [0.15, 0.2) is 0 Å². The van der Waals surface area contributed by atoms with E-state index in [1.807, 2.05) is 6.92 Å². The number of aliphatic hydroxyl groups is 1. The second kappa shape index (κ2) is 4.73. The van der Waals surface area contributed by atoms with Gasteiger partial charge in [0, 0.05) is 12.6 Å². The van der Waals surface area contributed by atoms with E-state index in [1.54, 1.807) is 0 Å². The molecule has 0 radical (unpaired) electrons. The molecule has 2 fully saturated rings. The number of fused-ring (bicyclic) bond motifs is 2. The fourth-order valence-electron chi connectivity index (χ4n) is 4.81. The summed E-state index contributed by atoms with van der Waals surface area (Å²) in [6.07, 6.45) is 4.90. The molecular formula is C17H33NO. The van der Waals surface area contributed by atoms with E-state index in [1.165, 1.54) is 19.3 Å². The van der Waals surface area contributed by atoms with Crippen LogP contribution in [0.5, 0.6) is 0 Å². The number of hydrogen-bond donors (Lipinski definition) is 2. The van der Waals surface area contributed by atoms with Crippen molar-refractivity contribution in [3.05, 3.63) is 0 Å². The molecule has 2 aliphatic rings. The van der Waals surface area contributed by atoms with Crippen LogP contribution < -0.4 is 5.32 Å². The van der Waals surface area contributed by atoms with Crippen LogP contribution in [0.25, 0.3) is 0 Å². The summed E-state index contributed by atoms with van der Waals surface area (Å²) in [5, 5.41) is 14.2. The molecule has 4 unspecified atom stereocenters. The Morgan fingerprint density at radius 2 is 1.95 bits per heavy atom. The summed E-state index contributed by atoms with van der Waals surface area (Å²) in [5.74, 6) is 1.41. The van der Waals surface area contributed by atoms with Crippen LogP contribution in [0.4, 0.5) is 0 Å². The van der Waals surface area contributed by atoms with E-state index in [9.17, 15) is 5.11 Å². The molecule has 0 spiro atoms. The van der Waals surface area contributed by atoms with Crippen LogP contribution in [0.2, 0.25) is 0 Å². The Kier molecular flexibility index (Phi) is 3.81. The summed E-state index contributed by atoms with van der Waals surface area (Å²) in [6, 6.07) is 0.583. The first kappa shape index (κ1) is 15.3. The molecule has 0 aromatic carbocycles. The first-order valence-corrected chi connectivity index (χ1v) is 8.04. The van der Waals surface area contributed by atoms with Gasteiger partial charge in [0.1, 0.15) is 0 Å². The molecule has 0 amide bonds. The summed E-state index contributed by atoms with van der Waals surface area (Å²) >= 11 is 0. The van der Waals surface area contributed by atoms with Gasteiger partial charge in [0.15, 0.2) is 0 Å². The van der Waals surface area contributed by atoms with Crippen LogP contribution in [0.1, 0.15) is 67.2 Å². The third-order valence-electron chi connectivity index (χ3n) is 6.37. The highest BCUT2D eigenvalue weighted by Crippen LogP contribution is 2.65. The lowest BCUT2D eigenvalue weighted by molar-refractivity contribution is 0.0265. The van der Waals surface area contributed by atoms with E-state index in [4.69, 9.17) is 0 Å². The second-order valence-electron chi connectivity index (χ2n) is 8.64. The van der Waals surface area contributed by atoms with E-state index in [2.05, 4.69) is 39.9 Å². The number of hydrogen-bond acceptors (Lipinski definition) is 2. The van der Waals surface area contributed by atoms with E-state index in [0.29, 0.717) is 22.8 Å². The normalized spacial score (nSPS) is 39.8. The Morgan fingerprint density at radius 1 is 1.32 bits per heavy atom. The summed E-state index contributed by atoms with van der Waals surface area (Å²) in [6.45, 7) is 14.4. The number of rotatable bonds is 5. The lowest BCUT2D eigenvalue weighted by Gasteiger charge is -2.41. The molecule has 0 aromatic rings. The third-order valence-corrected chi connectivity index (χ3v) is 6.37. The average Bonchev–Trinajstić information content (AvgIpc) is 2.56. The molecule has 2 N–H and O–H groups in total. The van der Waals surface area contributed by atoms with Gasteiger partial charge in [-0.3, -0.25) is 0 Å². The van der Waals surface area contributed by atoms with Gasteiger partial charge >= 0.3 is 0 Å². The van der Waals surface area contributed by atoms with Crippen LogP contribution in [-0.2, 0) is 0 Å². The van der Waals surface area contributed by atoms with Gasteiger partial charge in [-0.25, -0.2) is 0 Å². The summed E-state index contributed by atoms with van der Waals surface area (Å²) in [4.78, 5) is 0. The Morgan fingerprint density at radius 3 is 2.37 bits per heavy atom. The molecule has 0 heterocycles. The standard InChI is InChI=1S/C17H33NO/c1-12(2)10-16(5,19)11-18-14-9-13-7-8-17(14,6)15(13,3)4/h12-14,18-19H,7-11H2,1-6H3. The topological polar surface area (TPSA) is 32.3 Å². The molecule has 19 heavy (non-hydrogen) atoms. The molecule has 2 saturated carbocycles. The van der Waals surface area contributed by atoms with Gasteiger partial charge in [0.2, 0.25) is 0 Å². The average molecular weight is 267 g/mol. The van der Waals surface area contributed by atoms with Crippen molar-refractivity contribution in [2.45, 2.75) is 78.9 Å². The van der Waals surface area contributed by atoms with Gasteiger partial charge in [0.25, 0.3) is 0 Å². The van der Waals surface area contributed by atoms with Gasteiger partial charge in [0.05, 0.1) is 5.60 Å². The van der Waals surface area contributed by atoms with Gasteiger partial charge < -0.3 is 10.4 Å². The maximum atomic E-state index is 10.5. The van der Waals surface area contributed by atoms with E-state index < -0.39 is 5.60 Å². The zero-order valence-corrected chi connectivity index (χ0v) is 13.7. The maximum absolute atomic E-state index is 10.5. The van der Waals surface area contributed by atoms with Crippen molar-refractivity contribution >= 4 is 0 Å². The molecule has 112 valence electrons. The highest BCUT2D eigenvalue weighted by atomic mass is 16.3. The monoisotopic (exact) mass is 267 g/mol. The minimum atomic E-state index is -0.573. The van der Waals surface area contributed by atoms with E-state index in [0.717, 1.165) is 18.9 Å².